The minimum Gasteiger partial charge on any atom is -0.322 e. The molecule has 0 saturated heterocycles. The number of halogens is 1. The summed E-state index contributed by atoms with van der Waals surface area (Å²) >= 11 is 0. The molecular weight excluding hydrogens is 438 g/mol. The molecule has 0 N–H and O–H groups in total. The van der Waals surface area contributed by atoms with E-state index in [9.17, 15) is 0 Å². The summed E-state index contributed by atoms with van der Waals surface area (Å²) in [6, 6.07) is 12.7. The summed E-state index contributed by atoms with van der Waals surface area (Å²) in [6.45, 7) is 17.9. The van der Waals surface area contributed by atoms with Gasteiger partial charge in [-0.25, -0.2) is 0 Å². The van der Waals surface area contributed by atoms with Crippen LogP contribution in [0.15, 0.2) is 36.4 Å². The standard InChI is InChI=1S/C34H50BF/c1-9-31(10-2)23-33(13-5,14-6)28-26(31)22-27-29(30(28)35(36)25-20-18-17-19-21-25)34(15-7,16-8)24-32(27,11-3)12-4/h17-22H,9-16,23-24H2,1-8H3. The molecule has 2 aliphatic rings. The van der Waals surface area contributed by atoms with Crippen LogP contribution in [0.3, 0.4) is 0 Å². The Labute approximate surface area is 222 Å². The Balaban J connectivity index is 2.24. The zero-order valence-corrected chi connectivity index (χ0v) is 24.5. The van der Waals surface area contributed by atoms with E-state index in [1.54, 1.807) is 0 Å². The van der Waals surface area contributed by atoms with Crippen LogP contribution in [0.2, 0.25) is 0 Å². The van der Waals surface area contributed by atoms with Gasteiger partial charge in [-0.1, -0.05) is 91.8 Å². The lowest BCUT2D eigenvalue weighted by Gasteiger charge is -2.36. The summed E-state index contributed by atoms with van der Waals surface area (Å²) in [5.41, 5.74) is 8.19. The van der Waals surface area contributed by atoms with Crippen LogP contribution >= 0.6 is 0 Å². The molecule has 0 unspecified atom stereocenters. The minimum absolute atomic E-state index is 0.0573. The Morgan fingerprint density at radius 3 is 1.28 bits per heavy atom. The van der Waals surface area contributed by atoms with Gasteiger partial charge < -0.3 is 4.32 Å². The van der Waals surface area contributed by atoms with Gasteiger partial charge in [-0.15, -0.1) is 0 Å². The fourth-order valence-corrected chi connectivity index (χ4v) is 8.86. The number of rotatable bonds is 10. The van der Waals surface area contributed by atoms with Crippen molar-refractivity contribution < 1.29 is 4.32 Å². The van der Waals surface area contributed by atoms with Crippen molar-refractivity contribution in [2.24, 2.45) is 0 Å². The van der Waals surface area contributed by atoms with Crippen LogP contribution in [0.5, 0.6) is 0 Å². The van der Waals surface area contributed by atoms with Gasteiger partial charge in [0.15, 0.2) is 0 Å². The molecule has 36 heavy (non-hydrogen) atoms. The molecule has 0 aromatic heterocycles. The van der Waals surface area contributed by atoms with Crippen molar-refractivity contribution in [3.63, 3.8) is 0 Å². The molecule has 0 aliphatic heterocycles. The lowest BCUT2D eigenvalue weighted by molar-refractivity contribution is 0.279. The fourth-order valence-electron chi connectivity index (χ4n) is 8.86. The molecule has 0 fully saturated rings. The molecule has 4 rings (SSSR count). The molecule has 0 radical (unpaired) electrons. The van der Waals surface area contributed by atoms with Gasteiger partial charge in [0.25, 0.3) is 0 Å². The van der Waals surface area contributed by atoms with Crippen LogP contribution in [-0.2, 0) is 21.7 Å². The van der Waals surface area contributed by atoms with Crippen molar-refractivity contribution in [3.05, 3.63) is 58.7 Å². The average molecular weight is 489 g/mol. The van der Waals surface area contributed by atoms with Crippen LogP contribution in [0.1, 0.15) is 142 Å². The summed E-state index contributed by atoms with van der Waals surface area (Å²) in [4.78, 5) is 0. The van der Waals surface area contributed by atoms with Gasteiger partial charge in [-0.3, -0.25) is 0 Å². The van der Waals surface area contributed by atoms with Crippen molar-refractivity contribution in [3.8, 4) is 0 Å². The molecular formula is C34H50BF. The van der Waals surface area contributed by atoms with E-state index in [0.717, 1.165) is 62.3 Å². The summed E-state index contributed by atoms with van der Waals surface area (Å²) in [6.07, 6.45) is 11.2. The van der Waals surface area contributed by atoms with Gasteiger partial charge in [-0.2, -0.15) is 0 Å². The predicted molar refractivity (Wildman–Crippen MR) is 157 cm³/mol. The third kappa shape index (κ3) is 3.59. The van der Waals surface area contributed by atoms with Crippen molar-refractivity contribution in [2.75, 3.05) is 0 Å². The van der Waals surface area contributed by atoms with E-state index < -0.39 is 6.99 Å². The zero-order chi connectivity index (χ0) is 26.4. The maximum atomic E-state index is 17.3. The fraction of sp³-hybridized carbons (Fsp3) is 0.647. The first-order valence-electron chi connectivity index (χ1n) is 15.2. The largest absolute Gasteiger partial charge is 0.414 e. The molecule has 2 aromatic carbocycles. The van der Waals surface area contributed by atoms with E-state index >= 15 is 4.32 Å². The molecule has 0 heterocycles. The van der Waals surface area contributed by atoms with E-state index in [4.69, 9.17) is 0 Å². The number of benzene rings is 2. The molecule has 2 aliphatic carbocycles. The van der Waals surface area contributed by atoms with Gasteiger partial charge in [-0.05, 0) is 119 Å². The maximum absolute atomic E-state index is 17.3. The van der Waals surface area contributed by atoms with E-state index in [2.05, 4.69) is 61.5 Å². The molecule has 0 bridgehead atoms. The normalized spacial score (nSPS) is 20.2. The van der Waals surface area contributed by atoms with Crippen molar-refractivity contribution in [1.29, 1.82) is 0 Å². The quantitative estimate of drug-likeness (QED) is 0.293. The van der Waals surface area contributed by atoms with Crippen LogP contribution < -0.4 is 10.9 Å². The van der Waals surface area contributed by atoms with Gasteiger partial charge >= 0.3 is 6.99 Å². The molecule has 0 nitrogen and oxygen atoms in total. The highest BCUT2D eigenvalue weighted by Gasteiger charge is 2.57. The number of hydrogen-bond acceptors (Lipinski definition) is 0. The lowest BCUT2D eigenvalue weighted by Crippen LogP contribution is -2.48. The highest BCUT2D eigenvalue weighted by atomic mass is 19.1. The second-order valence-corrected chi connectivity index (χ2v) is 12.2. The van der Waals surface area contributed by atoms with Crippen LogP contribution in [0.25, 0.3) is 0 Å². The first-order chi connectivity index (χ1) is 17.3. The SMILES string of the molecule is CCC1(CC)CC(CC)(CC)c2c1cc1c(c2B(F)c2ccccc2)C(CC)(CC)CC1(CC)CC. The molecule has 0 spiro atoms. The predicted octanol–water partition coefficient (Wildman–Crippen LogP) is 8.80. The summed E-state index contributed by atoms with van der Waals surface area (Å²) < 4.78 is 17.3. The maximum Gasteiger partial charge on any atom is 0.414 e. The van der Waals surface area contributed by atoms with Gasteiger partial charge in [0, 0.05) is 0 Å². The second kappa shape index (κ2) is 9.96. The van der Waals surface area contributed by atoms with E-state index in [1.807, 2.05) is 30.3 Å². The molecule has 0 saturated carbocycles. The molecule has 196 valence electrons. The topological polar surface area (TPSA) is 0 Å². The second-order valence-electron chi connectivity index (χ2n) is 12.2. The average Bonchev–Trinajstić information content (AvgIpc) is 3.40. The van der Waals surface area contributed by atoms with Crippen molar-refractivity contribution >= 4 is 17.9 Å². The van der Waals surface area contributed by atoms with Crippen LogP contribution in [0.4, 0.5) is 4.32 Å². The molecule has 2 heteroatoms. The Morgan fingerprint density at radius 2 is 0.944 bits per heavy atom. The highest BCUT2D eigenvalue weighted by Crippen LogP contribution is 2.61. The van der Waals surface area contributed by atoms with Crippen molar-refractivity contribution in [2.45, 2.75) is 141 Å². The van der Waals surface area contributed by atoms with Gasteiger partial charge in [0.05, 0.1) is 0 Å². The Bertz CT molecular complexity index is 992. The smallest absolute Gasteiger partial charge is 0.322 e. The first-order valence-corrected chi connectivity index (χ1v) is 15.2. The summed E-state index contributed by atoms with van der Waals surface area (Å²) in [5, 5.41) is 0. The Hall–Kier alpha value is -1.57. The molecule has 2 aromatic rings. The van der Waals surface area contributed by atoms with Gasteiger partial charge in [0.1, 0.15) is 0 Å². The highest BCUT2D eigenvalue weighted by molar-refractivity contribution is 6.80. The Kier molecular flexibility index (Phi) is 7.60. The van der Waals surface area contributed by atoms with Crippen molar-refractivity contribution in [1.82, 2.24) is 0 Å². The van der Waals surface area contributed by atoms with Gasteiger partial charge in [0.2, 0.25) is 0 Å². The Morgan fingerprint density at radius 1 is 0.583 bits per heavy atom. The van der Waals surface area contributed by atoms with E-state index in [-0.39, 0.29) is 21.7 Å². The van der Waals surface area contributed by atoms with Crippen LogP contribution in [-0.4, -0.2) is 6.99 Å². The summed E-state index contributed by atoms with van der Waals surface area (Å²) in [7, 11) is 0. The third-order valence-electron chi connectivity index (χ3n) is 11.7. The molecule has 0 atom stereocenters. The number of fused-ring (bicyclic) bond motifs is 2. The minimum atomic E-state index is -1.07. The van der Waals surface area contributed by atoms with E-state index in [0.29, 0.717) is 0 Å². The first kappa shape index (κ1) is 27.5. The number of hydrogen-bond donors (Lipinski definition) is 0. The van der Waals surface area contributed by atoms with Crippen LogP contribution in [0, 0.1) is 0 Å². The third-order valence-corrected chi connectivity index (χ3v) is 11.7. The lowest BCUT2D eigenvalue weighted by atomic mass is 9.50. The zero-order valence-electron chi connectivity index (χ0n) is 24.5. The molecule has 0 amide bonds. The van der Waals surface area contributed by atoms with E-state index in [1.165, 1.54) is 35.1 Å². The summed E-state index contributed by atoms with van der Waals surface area (Å²) in [5.74, 6) is 0. The monoisotopic (exact) mass is 488 g/mol.